The Morgan fingerprint density at radius 3 is 2.41 bits per heavy atom. The van der Waals surface area contributed by atoms with E-state index in [4.69, 9.17) is 5.73 Å². The number of nitrogens with zero attached hydrogens (tertiary/aromatic N) is 3. The first kappa shape index (κ1) is 19.9. The lowest BCUT2D eigenvalue weighted by atomic mass is 10.0. The summed E-state index contributed by atoms with van der Waals surface area (Å²) < 4.78 is 1.41. The highest BCUT2D eigenvalue weighted by molar-refractivity contribution is 6.38. The largest absolute Gasteiger partial charge is 0.363 e. The van der Waals surface area contributed by atoms with E-state index >= 15 is 0 Å². The van der Waals surface area contributed by atoms with Crippen LogP contribution < -0.4 is 11.1 Å². The molecule has 2 heterocycles. The molecular formula is C21H21N5O3. The van der Waals surface area contributed by atoms with Gasteiger partial charge in [0.05, 0.1) is 5.69 Å². The third-order valence-electron chi connectivity index (χ3n) is 4.30. The number of aromatic nitrogens is 3. The highest BCUT2D eigenvalue weighted by Gasteiger charge is 2.27. The van der Waals surface area contributed by atoms with E-state index in [1.807, 2.05) is 37.3 Å². The minimum Gasteiger partial charge on any atom is -0.363 e. The van der Waals surface area contributed by atoms with Gasteiger partial charge in [0.2, 0.25) is 5.78 Å². The molecule has 8 heteroatoms. The predicted molar refractivity (Wildman–Crippen MR) is 106 cm³/mol. The molecule has 2 aromatic heterocycles. The first-order valence-corrected chi connectivity index (χ1v) is 9.04. The van der Waals surface area contributed by atoms with Crippen molar-refractivity contribution in [2.45, 2.75) is 26.3 Å². The number of nitrogens with two attached hydrogens (primary N) is 1. The number of benzene rings is 1. The highest BCUT2D eigenvalue weighted by Crippen LogP contribution is 2.12. The van der Waals surface area contributed by atoms with E-state index in [1.165, 1.54) is 4.68 Å². The summed E-state index contributed by atoms with van der Waals surface area (Å²) in [7, 11) is 0. The average Bonchev–Trinajstić information content (AvgIpc) is 3.09. The van der Waals surface area contributed by atoms with Gasteiger partial charge in [-0.1, -0.05) is 36.4 Å². The minimum atomic E-state index is -1.10. The van der Waals surface area contributed by atoms with Gasteiger partial charge in [-0.05, 0) is 37.6 Å². The van der Waals surface area contributed by atoms with E-state index in [1.54, 1.807) is 31.2 Å². The maximum Gasteiger partial charge on any atom is 0.287 e. The van der Waals surface area contributed by atoms with E-state index in [0.717, 1.165) is 11.3 Å². The third-order valence-corrected chi connectivity index (χ3v) is 4.30. The van der Waals surface area contributed by atoms with E-state index in [-0.39, 0.29) is 12.1 Å². The molecule has 0 saturated heterocycles. The fourth-order valence-corrected chi connectivity index (χ4v) is 2.95. The average molecular weight is 391 g/mol. The fourth-order valence-electron chi connectivity index (χ4n) is 2.95. The summed E-state index contributed by atoms with van der Waals surface area (Å²) in [5.41, 5.74) is 7.55. The number of aryl methyl sites for hydroxylation is 2. The summed E-state index contributed by atoms with van der Waals surface area (Å²) in [6.07, 6.45) is 0.143. The number of pyridine rings is 1. The monoisotopic (exact) mass is 391 g/mol. The predicted octanol–water partition coefficient (Wildman–Crippen LogP) is 1.28. The van der Waals surface area contributed by atoms with Gasteiger partial charge < -0.3 is 11.1 Å². The Labute approximate surface area is 167 Å². The zero-order valence-corrected chi connectivity index (χ0v) is 16.1. The fraction of sp³-hybridized carbons (Fsp3) is 0.190. The maximum atomic E-state index is 13.0. The molecule has 29 heavy (non-hydrogen) atoms. The van der Waals surface area contributed by atoms with Gasteiger partial charge in [0, 0.05) is 12.1 Å². The lowest BCUT2D eigenvalue weighted by Gasteiger charge is -2.17. The number of amides is 2. The molecule has 1 atom stereocenters. The molecule has 0 saturated carbocycles. The number of hydrogen-bond donors (Lipinski definition) is 2. The number of Topliss-reactive ketones (excluding diaryl/α,β-unsaturated/α-hetero) is 1. The Morgan fingerprint density at radius 2 is 1.76 bits per heavy atom. The molecule has 2 amide bonds. The van der Waals surface area contributed by atoms with Crippen molar-refractivity contribution in [2.75, 3.05) is 0 Å². The van der Waals surface area contributed by atoms with Gasteiger partial charge in [-0.3, -0.25) is 14.4 Å². The SMILES string of the molecule is Cc1cccc(-n2nc(C)cc2C(=O)N[C@@H](Cc2ccccc2)C(=O)C(N)=O)n1. The maximum absolute atomic E-state index is 13.0. The van der Waals surface area contributed by atoms with Crippen LogP contribution in [0.1, 0.15) is 27.4 Å². The number of primary amides is 1. The van der Waals surface area contributed by atoms with Gasteiger partial charge in [-0.25, -0.2) is 9.67 Å². The van der Waals surface area contributed by atoms with Crippen LogP contribution in [0.15, 0.2) is 54.6 Å². The van der Waals surface area contributed by atoms with Crippen molar-refractivity contribution in [2.24, 2.45) is 5.73 Å². The number of carbonyl (C=O) groups excluding carboxylic acids is 3. The number of ketones is 1. The van der Waals surface area contributed by atoms with Gasteiger partial charge in [-0.2, -0.15) is 5.10 Å². The lowest BCUT2D eigenvalue weighted by Crippen LogP contribution is -2.47. The van der Waals surface area contributed by atoms with Crippen molar-refractivity contribution >= 4 is 17.6 Å². The molecule has 3 N–H and O–H groups in total. The number of rotatable bonds is 7. The van der Waals surface area contributed by atoms with Crippen LogP contribution in [-0.4, -0.2) is 38.4 Å². The van der Waals surface area contributed by atoms with E-state index in [9.17, 15) is 14.4 Å². The molecule has 0 fully saturated rings. The first-order valence-electron chi connectivity index (χ1n) is 9.04. The van der Waals surface area contributed by atoms with Crippen LogP contribution >= 0.6 is 0 Å². The van der Waals surface area contributed by atoms with Gasteiger partial charge >= 0.3 is 0 Å². The molecule has 0 aliphatic carbocycles. The Balaban J connectivity index is 1.90. The molecule has 0 aliphatic rings. The van der Waals surface area contributed by atoms with Gasteiger partial charge in [0.1, 0.15) is 11.7 Å². The Hall–Kier alpha value is -3.81. The number of hydrogen-bond acceptors (Lipinski definition) is 5. The number of carbonyl (C=O) groups is 3. The topological polar surface area (TPSA) is 120 Å². The summed E-state index contributed by atoms with van der Waals surface area (Å²) in [5.74, 6) is -2.04. The molecule has 0 spiro atoms. The molecule has 8 nitrogen and oxygen atoms in total. The smallest absolute Gasteiger partial charge is 0.287 e. The van der Waals surface area contributed by atoms with Gasteiger partial charge in [0.25, 0.3) is 11.8 Å². The van der Waals surface area contributed by atoms with Crippen molar-refractivity contribution in [3.05, 3.63) is 77.2 Å². The zero-order chi connectivity index (χ0) is 21.0. The number of nitrogens with one attached hydrogen (secondary N) is 1. The molecule has 1 aromatic carbocycles. The summed E-state index contributed by atoms with van der Waals surface area (Å²) in [6.45, 7) is 3.58. The van der Waals surface area contributed by atoms with E-state index in [0.29, 0.717) is 11.5 Å². The first-order chi connectivity index (χ1) is 13.8. The van der Waals surface area contributed by atoms with Crippen molar-refractivity contribution in [3.63, 3.8) is 0 Å². The Kier molecular flexibility index (Phi) is 5.82. The summed E-state index contributed by atoms with van der Waals surface area (Å²) in [4.78, 5) is 41.1. The van der Waals surface area contributed by atoms with Crippen LogP contribution in [0, 0.1) is 13.8 Å². The van der Waals surface area contributed by atoms with Gasteiger partial charge in [0.15, 0.2) is 5.82 Å². The lowest BCUT2D eigenvalue weighted by molar-refractivity contribution is -0.137. The van der Waals surface area contributed by atoms with Crippen LogP contribution in [-0.2, 0) is 16.0 Å². The van der Waals surface area contributed by atoms with Crippen molar-refractivity contribution < 1.29 is 14.4 Å². The van der Waals surface area contributed by atoms with Crippen molar-refractivity contribution in [1.82, 2.24) is 20.1 Å². The Bertz CT molecular complexity index is 1060. The van der Waals surface area contributed by atoms with Crippen LogP contribution in [0.3, 0.4) is 0 Å². The van der Waals surface area contributed by atoms with Crippen LogP contribution in [0.2, 0.25) is 0 Å². The quantitative estimate of drug-likeness (QED) is 0.588. The van der Waals surface area contributed by atoms with Crippen molar-refractivity contribution in [1.29, 1.82) is 0 Å². The van der Waals surface area contributed by atoms with Crippen LogP contribution in [0.4, 0.5) is 0 Å². The molecule has 0 radical (unpaired) electrons. The standard InChI is InChI=1S/C21H21N5O3/c1-13-7-6-10-18(23-13)26-17(11-14(2)25-26)21(29)24-16(19(27)20(22)28)12-15-8-4-3-5-9-15/h3-11,16H,12H2,1-2H3,(H2,22,28)(H,24,29)/t16-/m0/s1. The summed E-state index contributed by atoms with van der Waals surface area (Å²) >= 11 is 0. The third kappa shape index (κ3) is 4.73. The van der Waals surface area contributed by atoms with Gasteiger partial charge in [-0.15, -0.1) is 0 Å². The minimum absolute atomic E-state index is 0.143. The van der Waals surface area contributed by atoms with E-state index < -0.39 is 23.6 Å². The molecule has 3 rings (SSSR count). The molecule has 0 unspecified atom stereocenters. The normalized spacial score (nSPS) is 11.7. The summed E-state index contributed by atoms with van der Waals surface area (Å²) in [5, 5.41) is 6.95. The molecular weight excluding hydrogens is 370 g/mol. The zero-order valence-electron chi connectivity index (χ0n) is 16.1. The second-order valence-electron chi connectivity index (χ2n) is 6.66. The van der Waals surface area contributed by atoms with Crippen molar-refractivity contribution in [3.8, 4) is 5.82 Å². The van der Waals surface area contributed by atoms with Crippen LogP contribution in [0.25, 0.3) is 5.82 Å². The second kappa shape index (κ2) is 8.47. The van der Waals surface area contributed by atoms with E-state index in [2.05, 4.69) is 15.4 Å². The molecule has 0 aliphatic heterocycles. The molecule has 0 bridgehead atoms. The molecule has 148 valence electrons. The Morgan fingerprint density at radius 1 is 1.03 bits per heavy atom. The second-order valence-corrected chi connectivity index (χ2v) is 6.66. The summed E-state index contributed by atoms with van der Waals surface area (Å²) in [6, 6.07) is 14.9. The molecule has 3 aromatic rings. The van der Waals surface area contributed by atoms with Crippen LogP contribution in [0.5, 0.6) is 0 Å². The highest BCUT2D eigenvalue weighted by atomic mass is 16.2.